The van der Waals surface area contributed by atoms with E-state index in [1.54, 1.807) is 0 Å². The van der Waals surface area contributed by atoms with Crippen LogP contribution in [0.1, 0.15) is 6.92 Å². The standard InChI is InChI=1S/C4H6O2.C/c1-3-6-4(2)5;/h3H,1H2,2H3;. The molecule has 0 aromatic carbocycles. The highest BCUT2D eigenvalue weighted by Gasteiger charge is 1.79. The van der Waals surface area contributed by atoms with Crippen molar-refractivity contribution in [2.45, 2.75) is 6.92 Å². The lowest BCUT2D eigenvalue weighted by Gasteiger charge is -1.83. The molecule has 2 nitrogen and oxygen atoms in total. The van der Waals surface area contributed by atoms with Gasteiger partial charge in [0, 0.05) is 14.4 Å². The maximum atomic E-state index is 9.75. The van der Waals surface area contributed by atoms with Gasteiger partial charge in [0.2, 0.25) is 0 Å². The van der Waals surface area contributed by atoms with E-state index in [0.29, 0.717) is 0 Å². The molecule has 0 saturated heterocycles. The molecule has 0 bridgehead atoms. The third kappa shape index (κ3) is 11.0. The summed E-state index contributed by atoms with van der Waals surface area (Å²) in [7, 11) is 0. The summed E-state index contributed by atoms with van der Waals surface area (Å²) in [6, 6.07) is 0. The fraction of sp³-hybridized carbons (Fsp3) is 0.200. The van der Waals surface area contributed by atoms with Crippen LogP contribution in [0.4, 0.5) is 0 Å². The topological polar surface area (TPSA) is 26.3 Å². The number of esters is 1. The first kappa shape index (κ1) is 9.51. The maximum Gasteiger partial charge on any atom is 0.307 e. The van der Waals surface area contributed by atoms with Crippen molar-refractivity contribution in [1.29, 1.82) is 0 Å². The number of rotatable bonds is 1. The second-order valence-corrected chi connectivity index (χ2v) is 0.776. The molecule has 0 saturated carbocycles. The predicted octanol–water partition coefficient (Wildman–Crippen LogP) is 0.774. The molecular formula is C5H6O2. The summed E-state index contributed by atoms with van der Waals surface area (Å²) in [5.41, 5.74) is 0. The number of hydrogen-bond donors (Lipinski definition) is 0. The molecule has 0 atom stereocenters. The van der Waals surface area contributed by atoms with Crippen molar-refractivity contribution < 1.29 is 9.53 Å². The van der Waals surface area contributed by atoms with Gasteiger partial charge < -0.3 is 4.74 Å². The first-order valence-electron chi connectivity index (χ1n) is 1.55. The Morgan fingerprint density at radius 2 is 2.29 bits per heavy atom. The van der Waals surface area contributed by atoms with Crippen molar-refractivity contribution in [2.24, 2.45) is 0 Å². The summed E-state index contributed by atoms with van der Waals surface area (Å²) in [5, 5.41) is 0. The van der Waals surface area contributed by atoms with Gasteiger partial charge in [-0.1, -0.05) is 6.58 Å². The Morgan fingerprint density at radius 3 is 2.29 bits per heavy atom. The lowest BCUT2D eigenvalue weighted by molar-refractivity contribution is -0.135. The van der Waals surface area contributed by atoms with Crippen LogP contribution in [0.25, 0.3) is 0 Å². The summed E-state index contributed by atoms with van der Waals surface area (Å²) in [5.74, 6) is -0.329. The molecule has 0 amide bonds. The number of hydrogen-bond acceptors (Lipinski definition) is 2. The first-order valence-corrected chi connectivity index (χ1v) is 1.55. The molecule has 0 aromatic rings. The van der Waals surface area contributed by atoms with E-state index in [9.17, 15) is 4.79 Å². The Balaban J connectivity index is 0. The summed E-state index contributed by atoms with van der Waals surface area (Å²) in [6.07, 6.45) is 1.10. The summed E-state index contributed by atoms with van der Waals surface area (Å²) in [4.78, 5) is 9.75. The smallest absolute Gasteiger partial charge is 0.307 e. The van der Waals surface area contributed by atoms with Crippen LogP contribution in [-0.2, 0) is 9.53 Å². The summed E-state index contributed by atoms with van der Waals surface area (Å²) >= 11 is 0. The Bertz CT molecular complexity index is 66.5. The van der Waals surface area contributed by atoms with Gasteiger partial charge in [-0.05, 0) is 0 Å². The number of ether oxygens (including phenoxy) is 1. The van der Waals surface area contributed by atoms with Gasteiger partial charge in [0.25, 0.3) is 0 Å². The van der Waals surface area contributed by atoms with Crippen LogP contribution in [0.15, 0.2) is 12.8 Å². The summed E-state index contributed by atoms with van der Waals surface area (Å²) in [6.45, 7) is 4.48. The van der Waals surface area contributed by atoms with Gasteiger partial charge in [0.1, 0.15) is 0 Å². The van der Waals surface area contributed by atoms with Crippen LogP contribution in [-0.4, -0.2) is 5.97 Å². The minimum absolute atomic E-state index is 0. The third-order valence-electron chi connectivity index (χ3n) is 0.249. The van der Waals surface area contributed by atoms with Gasteiger partial charge in [-0.3, -0.25) is 4.79 Å². The average molecular weight is 98.1 g/mol. The van der Waals surface area contributed by atoms with Gasteiger partial charge in [0.05, 0.1) is 6.26 Å². The molecular weight excluding hydrogens is 92.1 g/mol. The van der Waals surface area contributed by atoms with Crippen molar-refractivity contribution in [2.75, 3.05) is 0 Å². The minimum atomic E-state index is -0.329. The SMILES string of the molecule is C=COC(C)=O.[C]. The van der Waals surface area contributed by atoms with Crippen LogP contribution >= 0.6 is 0 Å². The van der Waals surface area contributed by atoms with Crippen LogP contribution < -0.4 is 0 Å². The van der Waals surface area contributed by atoms with Crippen molar-refractivity contribution >= 4 is 5.97 Å². The zero-order valence-electron chi connectivity index (χ0n) is 4.10. The molecule has 0 unspecified atom stereocenters. The highest BCUT2D eigenvalue weighted by molar-refractivity contribution is 5.66. The van der Waals surface area contributed by atoms with Gasteiger partial charge in [0.15, 0.2) is 0 Å². The van der Waals surface area contributed by atoms with Gasteiger partial charge >= 0.3 is 5.97 Å². The average Bonchev–Trinajstić information content (AvgIpc) is 1.35. The third-order valence-corrected chi connectivity index (χ3v) is 0.249. The lowest BCUT2D eigenvalue weighted by Crippen LogP contribution is -1.87. The molecule has 2 heteroatoms. The van der Waals surface area contributed by atoms with Gasteiger partial charge in [-0.2, -0.15) is 0 Å². The van der Waals surface area contributed by atoms with Crippen LogP contribution in [0.3, 0.4) is 0 Å². The van der Waals surface area contributed by atoms with E-state index in [-0.39, 0.29) is 13.4 Å². The normalized spacial score (nSPS) is 5.86. The molecule has 0 heterocycles. The van der Waals surface area contributed by atoms with E-state index in [1.807, 2.05) is 0 Å². The molecule has 0 aliphatic heterocycles. The molecule has 0 rings (SSSR count). The zero-order chi connectivity index (χ0) is 4.99. The molecule has 0 aromatic heterocycles. The van der Waals surface area contributed by atoms with Gasteiger partial charge in [-0.25, -0.2) is 0 Å². The van der Waals surface area contributed by atoms with Crippen molar-refractivity contribution in [3.8, 4) is 0 Å². The van der Waals surface area contributed by atoms with Crippen LogP contribution in [0.5, 0.6) is 0 Å². The van der Waals surface area contributed by atoms with E-state index in [4.69, 9.17) is 0 Å². The predicted molar refractivity (Wildman–Crippen MR) is 25.2 cm³/mol. The number of carbonyl (C=O) groups is 1. The molecule has 0 fully saturated rings. The van der Waals surface area contributed by atoms with Gasteiger partial charge in [-0.15, -0.1) is 0 Å². The molecule has 7 heavy (non-hydrogen) atoms. The largest absolute Gasteiger partial charge is 0.435 e. The fourth-order valence-corrected chi connectivity index (χ4v) is 0.117. The van der Waals surface area contributed by atoms with Crippen LogP contribution in [0.2, 0.25) is 0 Å². The van der Waals surface area contributed by atoms with Crippen LogP contribution in [0, 0.1) is 7.43 Å². The molecule has 0 spiro atoms. The van der Waals surface area contributed by atoms with E-state index in [0.717, 1.165) is 6.26 Å². The highest BCUT2D eigenvalue weighted by atomic mass is 16.5. The van der Waals surface area contributed by atoms with E-state index in [1.165, 1.54) is 6.92 Å². The Morgan fingerprint density at radius 1 is 1.86 bits per heavy atom. The molecule has 0 aliphatic carbocycles. The molecule has 0 N–H and O–H groups in total. The Kier molecular flexibility index (Phi) is 7.08. The van der Waals surface area contributed by atoms with Crippen molar-refractivity contribution in [3.05, 3.63) is 20.3 Å². The molecule has 38 valence electrons. The minimum Gasteiger partial charge on any atom is -0.435 e. The Hall–Kier alpha value is -0.790. The van der Waals surface area contributed by atoms with Crippen molar-refractivity contribution in [3.63, 3.8) is 0 Å². The Labute approximate surface area is 43.8 Å². The van der Waals surface area contributed by atoms with E-state index in [2.05, 4.69) is 11.3 Å². The second-order valence-electron chi connectivity index (χ2n) is 0.776. The van der Waals surface area contributed by atoms with E-state index >= 15 is 0 Å². The summed E-state index contributed by atoms with van der Waals surface area (Å²) < 4.78 is 4.17. The second kappa shape index (κ2) is 5.21. The number of carbonyl (C=O) groups excluding carboxylic acids is 1. The lowest BCUT2D eigenvalue weighted by atomic mass is 10.8. The highest BCUT2D eigenvalue weighted by Crippen LogP contribution is 1.70. The molecule has 0 aliphatic rings. The van der Waals surface area contributed by atoms with E-state index < -0.39 is 0 Å². The monoisotopic (exact) mass is 98.0 g/mol. The maximum absolute atomic E-state index is 9.75. The van der Waals surface area contributed by atoms with Crippen molar-refractivity contribution in [1.82, 2.24) is 0 Å². The quantitative estimate of drug-likeness (QED) is 0.357. The zero-order valence-corrected chi connectivity index (χ0v) is 4.10. The first-order chi connectivity index (χ1) is 2.77. The molecule has 4 radical (unpaired) electrons. The fourth-order valence-electron chi connectivity index (χ4n) is 0.117.